The Morgan fingerprint density at radius 3 is 2.82 bits per heavy atom. The van der Waals surface area contributed by atoms with Crippen molar-refractivity contribution in [1.82, 2.24) is 30.1 Å². The number of fused-ring (bicyclic) bond motifs is 1. The molecular formula is C23H25N7O3. The summed E-state index contributed by atoms with van der Waals surface area (Å²) in [7, 11) is 0. The first-order chi connectivity index (χ1) is 15.8. The number of carbonyl (C=O) groups excluding carboxylic acids is 2. The van der Waals surface area contributed by atoms with Gasteiger partial charge in [0.05, 0.1) is 5.56 Å². The number of anilines is 1. The molecule has 4 heterocycles. The van der Waals surface area contributed by atoms with Crippen LogP contribution < -0.4 is 5.32 Å². The lowest BCUT2D eigenvalue weighted by Gasteiger charge is -2.38. The van der Waals surface area contributed by atoms with Gasteiger partial charge in [-0.3, -0.25) is 4.79 Å². The highest BCUT2D eigenvalue weighted by Gasteiger charge is 2.41. The average Bonchev–Trinajstić information content (AvgIpc) is 3.41. The Kier molecular flexibility index (Phi) is 5.07. The molecule has 1 N–H and O–H groups in total. The van der Waals surface area contributed by atoms with E-state index in [9.17, 15) is 9.59 Å². The molecule has 0 saturated carbocycles. The van der Waals surface area contributed by atoms with Crippen LogP contribution >= 0.6 is 0 Å². The van der Waals surface area contributed by atoms with E-state index in [-0.39, 0.29) is 24.0 Å². The summed E-state index contributed by atoms with van der Waals surface area (Å²) < 4.78 is 5.53. The number of ether oxygens (including phenoxy) is 1. The number of hydrogen-bond donors (Lipinski definition) is 1. The van der Waals surface area contributed by atoms with E-state index in [2.05, 4.69) is 25.7 Å². The summed E-state index contributed by atoms with van der Waals surface area (Å²) >= 11 is 0. The standard InChI is InChI=1S/C23H25N7O3/c1-14-8-9-15(27-20-19-17(10-11-24-20)23(2,3)33-22(19)32)12-29(14)21(31)16-6-4-5-7-18(16)30-26-13-25-28-30/h4-7,10-11,13-15H,8-9,12H2,1-3H3,(H,24,27)/t14-,15?/m1/s1. The highest BCUT2D eigenvalue weighted by Crippen LogP contribution is 2.38. The lowest BCUT2D eigenvalue weighted by Crippen LogP contribution is -2.50. The molecule has 2 aromatic heterocycles. The van der Waals surface area contributed by atoms with Crippen molar-refractivity contribution in [2.45, 2.75) is 51.3 Å². The van der Waals surface area contributed by atoms with Gasteiger partial charge < -0.3 is 15.0 Å². The van der Waals surface area contributed by atoms with Crippen molar-refractivity contribution in [1.29, 1.82) is 0 Å². The van der Waals surface area contributed by atoms with Crippen LogP contribution in [0, 0.1) is 0 Å². The molecule has 170 valence electrons. The first kappa shape index (κ1) is 21.0. The Hall–Kier alpha value is -3.82. The van der Waals surface area contributed by atoms with Crippen LogP contribution in [0.1, 0.15) is 59.9 Å². The van der Waals surface area contributed by atoms with Crippen molar-refractivity contribution in [2.75, 3.05) is 11.9 Å². The minimum absolute atomic E-state index is 0.0580. The number of aromatic nitrogens is 5. The molecule has 33 heavy (non-hydrogen) atoms. The highest BCUT2D eigenvalue weighted by atomic mass is 16.6. The van der Waals surface area contributed by atoms with E-state index in [4.69, 9.17) is 4.74 Å². The molecule has 2 atom stereocenters. The minimum atomic E-state index is -0.687. The molecule has 5 rings (SSSR count). The van der Waals surface area contributed by atoms with Gasteiger partial charge >= 0.3 is 5.97 Å². The molecule has 0 aliphatic carbocycles. The van der Waals surface area contributed by atoms with Crippen LogP contribution in [0.5, 0.6) is 0 Å². The van der Waals surface area contributed by atoms with Gasteiger partial charge in [-0.2, -0.15) is 0 Å². The van der Waals surface area contributed by atoms with E-state index in [0.29, 0.717) is 29.2 Å². The number of nitrogens with zero attached hydrogens (tertiary/aromatic N) is 6. The topological polar surface area (TPSA) is 115 Å². The summed E-state index contributed by atoms with van der Waals surface area (Å²) in [4.78, 5) is 33.7. The van der Waals surface area contributed by atoms with Gasteiger partial charge in [-0.15, -0.1) is 15.0 Å². The van der Waals surface area contributed by atoms with E-state index in [1.54, 1.807) is 18.3 Å². The van der Waals surface area contributed by atoms with E-state index >= 15 is 0 Å². The molecule has 1 saturated heterocycles. The van der Waals surface area contributed by atoms with Gasteiger partial charge in [-0.25, -0.2) is 9.78 Å². The normalized spacial score (nSPS) is 21.4. The summed E-state index contributed by atoms with van der Waals surface area (Å²) in [5.74, 6) is 0.0212. The number of esters is 1. The maximum Gasteiger partial charge on any atom is 0.343 e. The number of rotatable bonds is 4. The Balaban J connectivity index is 1.40. The molecular weight excluding hydrogens is 422 g/mol. The fourth-order valence-corrected chi connectivity index (χ4v) is 4.58. The number of benzene rings is 1. The molecule has 0 radical (unpaired) electrons. The van der Waals surface area contributed by atoms with Gasteiger partial charge in [0.2, 0.25) is 0 Å². The summed E-state index contributed by atoms with van der Waals surface area (Å²) in [6.45, 7) is 6.25. The van der Waals surface area contributed by atoms with Gasteiger partial charge in [0.25, 0.3) is 5.91 Å². The summed E-state index contributed by atoms with van der Waals surface area (Å²) in [6.07, 6.45) is 4.68. The van der Waals surface area contributed by atoms with Crippen molar-refractivity contribution >= 4 is 17.7 Å². The van der Waals surface area contributed by atoms with Gasteiger partial charge in [-0.05, 0) is 57.0 Å². The van der Waals surface area contributed by atoms with E-state index in [0.717, 1.165) is 18.4 Å². The van der Waals surface area contributed by atoms with Crippen LogP contribution in [0.4, 0.5) is 5.82 Å². The molecule has 10 heteroatoms. The monoisotopic (exact) mass is 447 g/mol. The van der Waals surface area contributed by atoms with Crippen molar-refractivity contribution in [2.24, 2.45) is 0 Å². The molecule has 3 aromatic rings. The van der Waals surface area contributed by atoms with Crippen molar-refractivity contribution in [3.8, 4) is 5.69 Å². The highest BCUT2D eigenvalue weighted by molar-refractivity contribution is 6.00. The Morgan fingerprint density at radius 1 is 1.21 bits per heavy atom. The number of carbonyl (C=O) groups is 2. The maximum atomic E-state index is 13.6. The van der Waals surface area contributed by atoms with Crippen LogP contribution in [0.3, 0.4) is 0 Å². The molecule has 2 aliphatic rings. The quantitative estimate of drug-likeness (QED) is 0.607. The number of cyclic esters (lactones) is 1. The van der Waals surface area contributed by atoms with Gasteiger partial charge in [0, 0.05) is 30.4 Å². The number of hydrogen-bond acceptors (Lipinski definition) is 8. The number of tetrazole rings is 1. The molecule has 1 fully saturated rings. The average molecular weight is 447 g/mol. The second kappa shape index (κ2) is 7.95. The third-order valence-electron chi connectivity index (χ3n) is 6.33. The summed E-state index contributed by atoms with van der Waals surface area (Å²) in [5, 5.41) is 15.2. The Bertz CT molecular complexity index is 1210. The maximum absolute atomic E-state index is 13.6. The zero-order chi connectivity index (χ0) is 23.2. The van der Waals surface area contributed by atoms with E-state index in [1.807, 2.05) is 43.9 Å². The fraction of sp³-hybridized carbons (Fsp3) is 0.391. The van der Waals surface area contributed by atoms with Crippen molar-refractivity contribution in [3.05, 3.63) is 59.5 Å². The first-order valence-corrected chi connectivity index (χ1v) is 11.0. The van der Waals surface area contributed by atoms with Crippen molar-refractivity contribution < 1.29 is 14.3 Å². The predicted molar refractivity (Wildman–Crippen MR) is 119 cm³/mol. The molecule has 0 spiro atoms. The first-order valence-electron chi connectivity index (χ1n) is 11.0. The van der Waals surface area contributed by atoms with Gasteiger partial charge in [0.15, 0.2) is 6.33 Å². The molecule has 1 unspecified atom stereocenters. The molecule has 1 aromatic carbocycles. The van der Waals surface area contributed by atoms with Crippen LogP contribution in [-0.4, -0.2) is 60.6 Å². The number of nitrogens with one attached hydrogen (secondary N) is 1. The minimum Gasteiger partial charge on any atom is -0.451 e. The number of likely N-dealkylation sites (tertiary alicyclic amines) is 1. The summed E-state index contributed by atoms with van der Waals surface area (Å²) in [6, 6.07) is 9.05. The predicted octanol–water partition coefficient (Wildman–Crippen LogP) is 2.57. The van der Waals surface area contributed by atoms with Gasteiger partial charge in [-0.1, -0.05) is 12.1 Å². The summed E-state index contributed by atoms with van der Waals surface area (Å²) in [5.41, 5.74) is 1.69. The Morgan fingerprint density at radius 2 is 2.03 bits per heavy atom. The lowest BCUT2D eigenvalue weighted by atomic mass is 9.95. The van der Waals surface area contributed by atoms with Crippen LogP contribution in [0.25, 0.3) is 5.69 Å². The SMILES string of the molecule is C[C@@H]1CCC(Nc2nccc3c2C(=O)OC3(C)C)CN1C(=O)c1ccccc1-n1ncnn1. The van der Waals surface area contributed by atoms with E-state index in [1.165, 1.54) is 11.1 Å². The second-order valence-electron chi connectivity index (χ2n) is 8.95. The molecule has 0 bridgehead atoms. The van der Waals surface area contributed by atoms with Crippen LogP contribution in [0.2, 0.25) is 0 Å². The van der Waals surface area contributed by atoms with Crippen molar-refractivity contribution in [3.63, 3.8) is 0 Å². The molecule has 10 nitrogen and oxygen atoms in total. The van der Waals surface area contributed by atoms with Gasteiger partial charge in [0.1, 0.15) is 22.7 Å². The zero-order valence-electron chi connectivity index (χ0n) is 18.7. The largest absolute Gasteiger partial charge is 0.451 e. The smallest absolute Gasteiger partial charge is 0.343 e. The number of para-hydroxylation sites is 1. The third kappa shape index (κ3) is 3.71. The number of pyridine rings is 1. The number of piperidine rings is 1. The fourth-order valence-electron chi connectivity index (χ4n) is 4.58. The van der Waals surface area contributed by atoms with Crippen LogP contribution in [-0.2, 0) is 10.3 Å². The Labute approximate surface area is 190 Å². The van der Waals surface area contributed by atoms with E-state index < -0.39 is 5.60 Å². The zero-order valence-corrected chi connectivity index (χ0v) is 18.7. The molecule has 1 amide bonds. The third-order valence-corrected chi connectivity index (χ3v) is 6.33. The molecule has 2 aliphatic heterocycles. The lowest BCUT2D eigenvalue weighted by molar-refractivity contribution is 0.00955. The number of amides is 1. The van der Waals surface area contributed by atoms with Crippen LogP contribution in [0.15, 0.2) is 42.9 Å². The second-order valence-corrected chi connectivity index (χ2v) is 8.95.